The van der Waals surface area contributed by atoms with Crippen LogP contribution in [0.5, 0.6) is 5.75 Å². The Labute approximate surface area is 146 Å². The molecule has 0 atom stereocenters. The first-order valence-electron chi connectivity index (χ1n) is 9.49. The molecule has 0 aliphatic heterocycles. The molecule has 0 radical (unpaired) electrons. The summed E-state index contributed by atoms with van der Waals surface area (Å²) in [6.45, 7) is 4.32. The number of rotatable bonds is 12. The van der Waals surface area contributed by atoms with Gasteiger partial charge in [-0.1, -0.05) is 58.8 Å². The summed E-state index contributed by atoms with van der Waals surface area (Å²) in [6.07, 6.45) is 11.8. The molecule has 0 aliphatic rings. The quantitative estimate of drug-likeness (QED) is 0.272. The van der Waals surface area contributed by atoms with Gasteiger partial charge in [0, 0.05) is 6.42 Å². The van der Waals surface area contributed by atoms with Gasteiger partial charge in [0.25, 0.3) is 0 Å². The lowest BCUT2D eigenvalue weighted by Crippen LogP contribution is -2.13. The van der Waals surface area contributed by atoms with Crippen molar-refractivity contribution < 1.29 is 9.90 Å². The van der Waals surface area contributed by atoms with Gasteiger partial charge in [0.15, 0.2) is 0 Å². The molecule has 0 saturated carbocycles. The van der Waals surface area contributed by atoms with Crippen LogP contribution in [0.3, 0.4) is 0 Å². The number of nitrogens with one attached hydrogen (secondary N) is 1. The van der Waals surface area contributed by atoms with Crippen molar-refractivity contribution >= 4 is 17.3 Å². The average Bonchev–Trinajstić information content (AvgIpc) is 2.54. The highest BCUT2D eigenvalue weighted by Gasteiger charge is 2.11. The summed E-state index contributed by atoms with van der Waals surface area (Å²) in [5.41, 5.74) is 7.85. The Hall–Kier alpha value is -1.71. The number of phenols is 1. The number of anilines is 2. The van der Waals surface area contributed by atoms with E-state index >= 15 is 0 Å². The van der Waals surface area contributed by atoms with Crippen molar-refractivity contribution in [1.29, 1.82) is 0 Å². The molecule has 4 heteroatoms. The van der Waals surface area contributed by atoms with E-state index in [0.717, 1.165) is 37.7 Å². The second-order valence-corrected chi connectivity index (χ2v) is 6.60. The maximum atomic E-state index is 11.9. The largest absolute Gasteiger partial charge is 0.506 e. The van der Waals surface area contributed by atoms with Crippen LogP contribution < -0.4 is 11.1 Å². The first-order valence-corrected chi connectivity index (χ1v) is 9.49. The van der Waals surface area contributed by atoms with E-state index in [-0.39, 0.29) is 11.7 Å². The number of aryl methyl sites for hydroxylation is 1. The molecule has 0 spiro atoms. The Kier molecular flexibility index (Phi) is 9.97. The van der Waals surface area contributed by atoms with Gasteiger partial charge in [-0.15, -0.1) is 0 Å². The SMILES string of the molecule is CCCCCCCCc1cc(N)c(NC(=O)CCCCC)c(O)c1. The molecule has 0 fully saturated rings. The minimum atomic E-state index is -0.0888. The fourth-order valence-corrected chi connectivity index (χ4v) is 2.84. The summed E-state index contributed by atoms with van der Waals surface area (Å²) in [5.74, 6) is -0.0195. The lowest BCUT2D eigenvalue weighted by molar-refractivity contribution is -0.116. The summed E-state index contributed by atoms with van der Waals surface area (Å²) in [7, 11) is 0. The molecule has 1 amide bonds. The third-order valence-corrected chi connectivity index (χ3v) is 4.30. The molecule has 24 heavy (non-hydrogen) atoms. The number of carbonyl (C=O) groups is 1. The molecule has 0 aliphatic carbocycles. The maximum absolute atomic E-state index is 11.9. The van der Waals surface area contributed by atoms with E-state index in [0.29, 0.717) is 17.8 Å². The van der Waals surface area contributed by atoms with Gasteiger partial charge < -0.3 is 16.2 Å². The van der Waals surface area contributed by atoms with Crippen molar-refractivity contribution in [3.05, 3.63) is 17.7 Å². The zero-order chi connectivity index (χ0) is 17.8. The zero-order valence-corrected chi connectivity index (χ0v) is 15.4. The van der Waals surface area contributed by atoms with E-state index in [1.165, 1.54) is 32.1 Å². The number of amides is 1. The number of aromatic hydroxyl groups is 1. The van der Waals surface area contributed by atoms with Crippen LogP contribution in [0.1, 0.15) is 83.6 Å². The number of carbonyl (C=O) groups excluding carboxylic acids is 1. The number of phenolic OH excluding ortho intramolecular Hbond substituents is 1. The van der Waals surface area contributed by atoms with E-state index in [1.54, 1.807) is 6.07 Å². The van der Waals surface area contributed by atoms with Crippen molar-refractivity contribution in [2.24, 2.45) is 0 Å². The summed E-state index contributed by atoms with van der Waals surface area (Å²) < 4.78 is 0. The van der Waals surface area contributed by atoms with Gasteiger partial charge in [0.05, 0.1) is 5.69 Å². The van der Waals surface area contributed by atoms with Crippen LogP contribution in [0.25, 0.3) is 0 Å². The van der Waals surface area contributed by atoms with Crippen molar-refractivity contribution in [1.82, 2.24) is 0 Å². The summed E-state index contributed by atoms with van der Waals surface area (Å²) in [5, 5.41) is 12.9. The number of hydrogen-bond acceptors (Lipinski definition) is 3. The molecule has 0 saturated heterocycles. The Morgan fingerprint density at radius 1 is 1.00 bits per heavy atom. The van der Waals surface area contributed by atoms with Crippen LogP contribution in [0.4, 0.5) is 11.4 Å². The van der Waals surface area contributed by atoms with Gasteiger partial charge in [-0.2, -0.15) is 0 Å². The number of benzene rings is 1. The van der Waals surface area contributed by atoms with Crippen molar-refractivity contribution in [2.45, 2.75) is 84.5 Å². The fourth-order valence-electron chi connectivity index (χ4n) is 2.84. The Morgan fingerprint density at radius 2 is 1.62 bits per heavy atom. The summed E-state index contributed by atoms with van der Waals surface area (Å²) in [4.78, 5) is 11.9. The Bertz CT molecular complexity index is 477. The van der Waals surface area contributed by atoms with Crippen molar-refractivity contribution in [3.8, 4) is 5.75 Å². The van der Waals surface area contributed by atoms with E-state index in [4.69, 9.17) is 5.73 Å². The van der Waals surface area contributed by atoms with Crippen LogP contribution in [-0.2, 0) is 11.2 Å². The maximum Gasteiger partial charge on any atom is 0.224 e. The molecule has 1 aromatic carbocycles. The van der Waals surface area contributed by atoms with Crippen LogP contribution in [-0.4, -0.2) is 11.0 Å². The molecule has 0 heterocycles. The van der Waals surface area contributed by atoms with E-state index in [2.05, 4.69) is 19.2 Å². The third-order valence-electron chi connectivity index (χ3n) is 4.30. The van der Waals surface area contributed by atoms with E-state index in [9.17, 15) is 9.90 Å². The average molecular weight is 335 g/mol. The highest BCUT2D eigenvalue weighted by atomic mass is 16.3. The van der Waals surface area contributed by atoms with Gasteiger partial charge in [-0.25, -0.2) is 0 Å². The predicted molar refractivity (Wildman–Crippen MR) is 102 cm³/mol. The predicted octanol–water partition coefficient (Wildman–Crippen LogP) is 5.40. The fraction of sp³-hybridized carbons (Fsp3) is 0.650. The first-order chi connectivity index (χ1) is 11.6. The summed E-state index contributed by atoms with van der Waals surface area (Å²) in [6, 6.07) is 3.59. The standard InChI is InChI=1S/C20H34N2O2/c1-3-5-7-8-9-11-12-16-14-17(21)20(18(23)15-16)22-19(24)13-10-6-4-2/h14-15,23H,3-13,21H2,1-2H3,(H,22,24). The summed E-state index contributed by atoms with van der Waals surface area (Å²) >= 11 is 0. The molecule has 4 nitrogen and oxygen atoms in total. The topological polar surface area (TPSA) is 75.3 Å². The van der Waals surface area contributed by atoms with Gasteiger partial charge in [-0.3, -0.25) is 4.79 Å². The molecule has 1 aromatic rings. The Morgan fingerprint density at radius 3 is 2.29 bits per heavy atom. The van der Waals surface area contributed by atoms with Crippen LogP contribution >= 0.6 is 0 Å². The Balaban J connectivity index is 2.48. The lowest BCUT2D eigenvalue weighted by Gasteiger charge is -2.12. The third kappa shape index (κ3) is 7.71. The highest BCUT2D eigenvalue weighted by Crippen LogP contribution is 2.32. The molecule has 0 bridgehead atoms. The molecular formula is C20H34N2O2. The van der Waals surface area contributed by atoms with Gasteiger partial charge in [-0.05, 0) is 37.0 Å². The monoisotopic (exact) mass is 334 g/mol. The highest BCUT2D eigenvalue weighted by molar-refractivity contribution is 5.96. The number of unbranched alkanes of at least 4 members (excludes halogenated alkanes) is 7. The van der Waals surface area contributed by atoms with Crippen LogP contribution in [0.15, 0.2) is 12.1 Å². The molecular weight excluding hydrogens is 300 g/mol. The normalized spacial score (nSPS) is 10.8. The minimum Gasteiger partial charge on any atom is -0.506 e. The molecule has 0 unspecified atom stereocenters. The zero-order valence-electron chi connectivity index (χ0n) is 15.4. The number of nitrogens with two attached hydrogens (primary N) is 1. The number of nitrogen functional groups attached to an aromatic ring is 1. The van der Waals surface area contributed by atoms with Crippen molar-refractivity contribution in [2.75, 3.05) is 11.1 Å². The van der Waals surface area contributed by atoms with E-state index in [1.807, 2.05) is 6.07 Å². The van der Waals surface area contributed by atoms with Gasteiger partial charge in [0.1, 0.15) is 11.4 Å². The molecule has 0 aromatic heterocycles. The second-order valence-electron chi connectivity index (χ2n) is 6.60. The van der Waals surface area contributed by atoms with Crippen LogP contribution in [0, 0.1) is 0 Å². The van der Waals surface area contributed by atoms with Crippen LogP contribution in [0.2, 0.25) is 0 Å². The molecule has 1 rings (SSSR count). The smallest absolute Gasteiger partial charge is 0.224 e. The number of hydrogen-bond donors (Lipinski definition) is 3. The second kappa shape index (κ2) is 11.8. The molecule has 4 N–H and O–H groups in total. The van der Waals surface area contributed by atoms with E-state index < -0.39 is 0 Å². The van der Waals surface area contributed by atoms with Gasteiger partial charge in [0.2, 0.25) is 5.91 Å². The lowest BCUT2D eigenvalue weighted by atomic mass is 10.0. The molecule has 136 valence electrons. The van der Waals surface area contributed by atoms with Crippen molar-refractivity contribution in [3.63, 3.8) is 0 Å². The minimum absolute atomic E-state index is 0.0693. The first kappa shape index (κ1) is 20.3. The van der Waals surface area contributed by atoms with Gasteiger partial charge >= 0.3 is 0 Å².